The van der Waals surface area contributed by atoms with Gasteiger partial charge in [0.05, 0.1) is 11.0 Å². The van der Waals surface area contributed by atoms with Crippen molar-refractivity contribution in [2.75, 3.05) is 5.32 Å². The van der Waals surface area contributed by atoms with Crippen LogP contribution in [0.15, 0.2) is 18.2 Å². The van der Waals surface area contributed by atoms with E-state index in [0.29, 0.717) is 12.1 Å². The number of nitrogens with one attached hydrogen (secondary N) is 1. The molecular formula is C12H18N2O3. The summed E-state index contributed by atoms with van der Waals surface area (Å²) in [5.41, 5.74) is 1.43. The van der Waals surface area contributed by atoms with Crippen molar-refractivity contribution in [3.8, 4) is 0 Å². The standard InChI is InChI=1S/C12H18N2O3/c1-8-5-4-6-11(14(16)17)12(8)13-9(2)7-10(3)15/h4-6,9-10,13,15H,7H2,1-3H3. The van der Waals surface area contributed by atoms with Crippen molar-refractivity contribution in [1.29, 1.82) is 0 Å². The Morgan fingerprint density at radius 3 is 2.65 bits per heavy atom. The van der Waals surface area contributed by atoms with Gasteiger partial charge < -0.3 is 10.4 Å². The van der Waals surface area contributed by atoms with Gasteiger partial charge in [-0.1, -0.05) is 12.1 Å². The first kappa shape index (κ1) is 13.4. The summed E-state index contributed by atoms with van der Waals surface area (Å²) < 4.78 is 0. The minimum Gasteiger partial charge on any atom is -0.393 e. The maximum absolute atomic E-state index is 10.9. The van der Waals surface area contributed by atoms with Gasteiger partial charge in [-0.3, -0.25) is 10.1 Å². The Bertz CT molecular complexity index is 405. The molecule has 17 heavy (non-hydrogen) atoms. The molecule has 1 rings (SSSR count). The zero-order valence-corrected chi connectivity index (χ0v) is 10.3. The van der Waals surface area contributed by atoms with Crippen molar-refractivity contribution in [2.45, 2.75) is 39.3 Å². The van der Waals surface area contributed by atoms with E-state index in [1.807, 2.05) is 19.9 Å². The van der Waals surface area contributed by atoms with E-state index in [9.17, 15) is 15.2 Å². The van der Waals surface area contributed by atoms with Gasteiger partial charge in [0.25, 0.3) is 5.69 Å². The number of benzene rings is 1. The van der Waals surface area contributed by atoms with Crippen LogP contribution in [0.4, 0.5) is 11.4 Å². The molecule has 5 nitrogen and oxygen atoms in total. The minimum absolute atomic E-state index is 0.0187. The zero-order chi connectivity index (χ0) is 13.0. The van der Waals surface area contributed by atoms with Crippen LogP contribution in [0.2, 0.25) is 0 Å². The lowest BCUT2D eigenvalue weighted by Crippen LogP contribution is -2.21. The number of nitrogens with zero attached hydrogens (tertiary/aromatic N) is 1. The third kappa shape index (κ3) is 3.71. The number of nitro groups is 1. The van der Waals surface area contributed by atoms with Crippen molar-refractivity contribution in [2.24, 2.45) is 0 Å². The van der Waals surface area contributed by atoms with Crippen LogP contribution in [0.5, 0.6) is 0 Å². The van der Waals surface area contributed by atoms with Crippen LogP contribution < -0.4 is 5.32 Å². The number of hydrogen-bond acceptors (Lipinski definition) is 4. The Balaban J connectivity index is 2.92. The fraction of sp³-hybridized carbons (Fsp3) is 0.500. The summed E-state index contributed by atoms with van der Waals surface area (Å²) in [6.07, 6.45) is 0.117. The Labute approximate surface area is 101 Å². The molecule has 0 fully saturated rings. The Hall–Kier alpha value is -1.62. The maximum atomic E-state index is 10.9. The first-order valence-corrected chi connectivity index (χ1v) is 5.60. The summed E-state index contributed by atoms with van der Waals surface area (Å²) in [5.74, 6) is 0. The van der Waals surface area contributed by atoms with E-state index in [2.05, 4.69) is 5.32 Å². The molecule has 0 amide bonds. The molecule has 2 unspecified atom stereocenters. The molecule has 0 spiro atoms. The predicted octanol–water partition coefficient (Wildman–Crippen LogP) is 2.47. The van der Waals surface area contributed by atoms with Crippen LogP contribution >= 0.6 is 0 Å². The summed E-state index contributed by atoms with van der Waals surface area (Å²) in [6.45, 7) is 5.41. The number of aryl methyl sites for hydroxylation is 1. The molecule has 0 aliphatic heterocycles. The second-order valence-electron chi connectivity index (χ2n) is 4.36. The van der Waals surface area contributed by atoms with Gasteiger partial charge in [-0.2, -0.15) is 0 Å². The molecule has 0 saturated carbocycles. The summed E-state index contributed by atoms with van der Waals surface area (Å²) >= 11 is 0. The smallest absolute Gasteiger partial charge is 0.292 e. The van der Waals surface area contributed by atoms with Gasteiger partial charge >= 0.3 is 0 Å². The zero-order valence-electron chi connectivity index (χ0n) is 10.3. The number of anilines is 1. The van der Waals surface area contributed by atoms with E-state index < -0.39 is 11.0 Å². The lowest BCUT2D eigenvalue weighted by Gasteiger charge is -2.18. The Morgan fingerprint density at radius 2 is 2.12 bits per heavy atom. The molecule has 94 valence electrons. The molecule has 0 bridgehead atoms. The van der Waals surface area contributed by atoms with E-state index in [-0.39, 0.29) is 11.7 Å². The molecule has 2 atom stereocenters. The molecule has 1 aromatic carbocycles. The molecule has 0 aliphatic rings. The van der Waals surface area contributed by atoms with E-state index in [4.69, 9.17) is 0 Å². The number of aliphatic hydroxyl groups excluding tert-OH is 1. The van der Waals surface area contributed by atoms with Crippen molar-refractivity contribution in [3.63, 3.8) is 0 Å². The van der Waals surface area contributed by atoms with Crippen molar-refractivity contribution in [1.82, 2.24) is 0 Å². The molecule has 5 heteroatoms. The molecule has 0 aromatic heterocycles. The molecule has 0 heterocycles. The molecule has 0 radical (unpaired) electrons. The summed E-state index contributed by atoms with van der Waals surface area (Å²) in [6, 6.07) is 4.95. The molecule has 0 saturated heterocycles. The SMILES string of the molecule is Cc1cccc([N+](=O)[O-])c1NC(C)CC(C)O. The van der Waals surface area contributed by atoms with Crippen LogP contribution in [0.3, 0.4) is 0 Å². The van der Waals surface area contributed by atoms with E-state index in [1.165, 1.54) is 6.07 Å². The lowest BCUT2D eigenvalue weighted by atomic mass is 10.1. The average molecular weight is 238 g/mol. The van der Waals surface area contributed by atoms with Gasteiger partial charge in [0.2, 0.25) is 0 Å². The second kappa shape index (κ2) is 5.63. The highest BCUT2D eigenvalue weighted by Gasteiger charge is 2.17. The van der Waals surface area contributed by atoms with Crippen molar-refractivity contribution in [3.05, 3.63) is 33.9 Å². The number of hydrogen-bond donors (Lipinski definition) is 2. The van der Waals surface area contributed by atoms with Crippen molar-refractivity contribution >= 4 is 11.4 Å². The van der Waals surface area contributed by atoms with Gasteiger partial charge in [-0.25, -0.2) is 0 Å². The fourth-order valence-electron chi connectivity index (χ4n) is 1.81. The van der Waals surface area contributed by atoms with Gasteiger partial charge in [0.15, 0.2) is 0 Å². The quantitative estimate of drug-likeness (QED) is 0.610. The minimum atomic E-state index is -0.430. The third-order valence-electron chi connectivity index (χ3n) is 2.53. The topological polar surface area (TPSA) is 75.4 Å². The first-order chi connectivity index (χ1) is 7.91. The Morgan fingerprint density at radius 1 is 1.47 bits per heavy atom. The number of para-hydroxylation sites is 1. The predicted molar refractivity (Wildman–Crippen MR) is 67.2 cm³/mol. The first-order valence-electron chi connectivity index (χ1n) is 5.60. The van der Waals surface area contributed by atoms with Gasteiger partial charge in [-0.15, -0.1) is 0 Å². The largest absolute Gasteiger partial charge is 0.393 e. The molecule has 2 N–H and O–H groups in total. The monoisotopic (exact) mass is 238 g/mol. The van der Waals surface area contributed by atoms with Crippen LogP contribution in [-0.4, -0.2) is 22.2 Å². The molecular weight excluding hydrogens is 220 g/mol. The summed E-state index contributed by atoms with van der Waals surface area (Å²) in [4.78, 5) is 10.5. The third-order valence-corrected chi connectivity index (χ3v) is 2.53. The number of rotatable bonds is 5. The fourth-order valence-corrected chi connectivity index (χ4v) is 1.81. The Kier molecular flexibility index (Phi) is 4.45. The van der Waals surface area contributed by atoms with Crippen LogP contribution in [0.25, 0.3) is 0 Å². The normalized spacial score (nSPS) is 14.1. The maximum Gasteiger partial charge on any atom is 0.292 e. The lowest BCUT2D eigenvalue weighted by molar-refractivity contribution is -0.384. The highest BCUT2D eigenvalue weighted by molar-refractivity contribution is 5.66. The van der Waals surface area contributed by atoms with Crippen LogP contribution in [-0.2, 0) is 0 Å². The molecule has 0 aliphatic carbocycles. The van der Waals surface area contributed by atoms with E-state index in [0.717, 1.165) is 5.56 Å². The highest BCUT2D eigenvalue weighted by Crippen LogP contribution is 2.28. The molecule has 1 aromatic rings. The van der Waals surface area contributed by atoms with E-state index >= 15 is 0 Å². The average Bonchev–Trinajstić information content (AvgIpc) is 2.19. The number of aliphatic hydroxyl groups is 1. The van der Waals surface area contributed by atoms with Gasteiger partial charge in [0.1, 0.15) is 5.69 Å². The van der Waals surface area contributed by atoms with Gasteiger partial charge in [0, 0.05) is 12.1 Å². The van der Waals surface area contributed by atoms with Crippen LogP contribution in [0.1, 0.15) is 25.8 Å². The summed E-state index contributed by atoms with van der Waals surface area (Å²) in [5, 5.41) is 23.3. The van der Waals surface area contributed by atoms with Crippen LogP contribution in [0, 0.1) is 17.0 Å². The van der Waals surface area contributed by atoms with E-state index in [1.54, 1.807) is 13.0 Å². The van der Waals surface area contributed by atoms with Crippen molar-refractivity contribution < 1.29 is 10.0 Å². The summed E-state index contributed by atoms with van der Waals surface area (Å²) in [7, 11) is 0. The number of nitro benzene ring substituents is 1. The highest BCUT2D eigenvalue weighted by atomic mass is 16.6. The van der Waals surface area contributed by atoms with Gasteiger partial charge in [-0.05, 0) is 32.8 Å². The second-order valence-corrected chi connectivity index (χ2v) is 4.36.